The lowest BCUT2D eigenvalue weighted by atomic mass is 10.1. The zero-order valence-corrected chi connectivity index (χ0v) is 18.0. The number of benzene rings is 2. The van der Waals surface area contributed by atoms with Crippen LogP contribution in [-0.4, -0.2) is 47.8 Å². The number of hydrogen-bond acceptors (Lipinski definition) is 5. The van der Waals surface area contributed by atoms with Crippen molar-refractivity contribution in [3.63, 3.8) is 0 Å². The summed E-state index contributed by atoms with van der Waals surface area (Å²) in [7, 11) is 0. The molecule has 3 aromatic rings. The SMILES string of the molecule is CC(=O)c1ccc(N2CCN(C(=O)CCc3ncc(-c4c(F)cccc4F)o3)CC2)c(F)c1. The molecule has 4 rings (SSSR count). The molecule has 2 heterocycles. The molecular formula is C24H22F3N3O3. The van der Waals surface area contributed by atoms with Gasteiger partial charge in [0.05, 0.1) is 17.4 Å². The molecule has 1 saturated heterocycles. The fraction of sp³-hybridized carbons (Fsp3) is 0.292. The second kappa shape index (κ2) is 9.48. The van der Waals surface area contributed by atoms with Crippen molar-refractivity contribution >= 4 is 17.4 Å². The molecule has 1 aliphatic heterocycles. The Hall–Kier alpha value is -3.62. The normalized spacial score (nSPS) is 13.9. The number of halogens is 3. The summed E-state index contributed by atoms with van der Waals surface area (Å²) < 4.78 is 47.7. The molecule has 0 unspecified atom stereocenters. The van der Waals surface area contributed by atoms with Crippen LogP contribution in [0.5, 0.6) is 0 Å². The summed E-state index contributed by atoms with van der Waals surface area (Å²) in [4.78, 5) is 31.5. The van der Waals surface area contributed by atoms with E-state index in [0.29, 0.717) is 37.4 Å². The fourth-order valence-corrected chi connectivity index (χ4v) is 3.83. The van der Waals surface area contributed by atoms with Crippen LogP contribution in [0.3, 0.4) is 0 Å². The van der Waals surface area contributed by atoms with Crippen molar-refractivity contribution in [1.82, 2.24) is 9.88 Å². The van der Waals surface area contributed by atoms with Crippen molar-refractivity contribution in [1.29, 1.82) is 0 Å². The number of amides is 1. The molecule has 172 valence electrons. The molecule has 0 spiro atoms. The van der Waals surface area contributed by atoms with Gasteiger partial charge in [-0.3, -0.25) is 9.59 Å². The van der Waals surface area contributed by atoms with Crippen molar-refractivity contribution in [3.05, 3.63) is 71.5 Å². The topological polar surface area (TPSA) is 66.7 Å². The van der Waals surface area contributed by atoms with E-state index in [1.165, 1.54) is 25.3 Å². The van der Waals surface area contributed by atoms with E-state index in [9.17, 15) is 22.8 Å². The van der Waals surface area contributed by atoms with E-state index in [1.54, 1.807) is 17.0 Å². The van der Waals surface area contributed by atoms with Gasteiger partial charge in [-0.15, -0.1) is 0 Å². The van der Waals surface area contributed by atoms with Gasteiger partial charge >= 0.3 is 0 Å². The summed E-state index contributed by atoms with van der Waals surface area (Å²) in [6.45, 7) is 3.14. The molecule has 1 amide bonds. The van der Waals surface area contributed by atoms with Crippen LogP contribution >= 0.6 is 0 Å². The van der Waals surface area contributed by atoms with Crippen LogP contribution in [-0.2, 0) is 11.2 Å². The average Bonchev–Trinajstić information content (AvgIpc) is 3.26. The number of carbonyl (C=O) groups is 2. The van der Waals surface area contributed by atoms with Gasteiger partial charge < -0.3 is 14.2 Å². The number of Topliss-reactive ketones (excluding diaryl/α,β-unsaturated/α-hetero) is 1. The largest absolute Gasteiger partial charge is 0.441 e. The van der Waals surface area contributed by atoms with Crippen LogP contribution < -0.4 is 4.90 Å². The van der Waals surface area contributed by atoms with Crippen LogP contribution in [0.25, 0.3) is 11.3 Å². The van der Waals surface area contributed by atoms with E-state index in [1.807, 2.05) is 4.90 Å². The molecule has 0 bridgehead atoms. The minimum Gasteiger partial charge on any atom is -0.441 e. The monoisotopic (exact) mass is 457 g/mol. The van der Waals surface area contributed by atoms with Crippen LogP contribution in [0.4, 0.5) is 18.9 Å². The van der Waals surface area contributed by atoms with E-state index in [-0.39, 0.29) is 41.7 Å². The van der Waals surface area contributed by atoms with Crippen LogP contribution in [0, 0.1) is 17.5 Å². The Balaban J connectivity index is 1.31. The van der Waals surface area contributed by atoms with E-state index in [4.69, 9.17) is 4.42 Å². The highest BCUT2D eigenvalue weighted by molar-refractivity contribution is 5.94. The Morgan fingerprint density at radius 3 is 2.33 bits per heavy atom. The molecule has 33 heavy (non-hydrogen) atoms. The number of aromatic nitrogens is 1. The summed E-state index contributed by atoms with van der Waals surface area (Å²) >= 11 is 0. The smallest absolute Gasteiger partial charge is 0.223 e. The van der Waals surface area contributed by atoms with Gasteiger partial charge in [-0.1, -0.05) is 6.07 Å². The van der Waals surface area contributed by atoms with Crippen molar-refractivity contribution in [2.45, 2.75) is 19.8 Å². The number of aryl methyl sites for hydroxylation is 1. The van der Waals surface area contributed by atoms with Gasteiger partial charge in [0.1, 0.15) is 17.5 Å². The Bertz CT molecular complexity index is 1170. The number of oxazole rings is 1. The number of rotatable bonds is 6. The van der Waals surface area contributed by atoms with Gasteiger partial charge in [0.25, 0.3) is 0 Å². The first-order valence-electron chi connectivity index (χ1n) is 10.6. The predicted molar refractivity (Wildman–Crippen MR) is 115 cm³/mol. The lowest BCUT2D eigenvalue weighted by molar-refractivity contribution is -0.131. The Morgan fingerprint density at radius 2 is 1.70 bits per heavy atom. The average molecular weight is 457 g/mol. The maximum Gasteiger partial charge on any atom is 0.223 e. The highest BCUT2D eigenvalue weighted by Crippen LogP contribution is 2.27. The summed E-state index contributed by atoms with van der Waals surface area (Å²) in [5.41, 5.74) is 0.430. The van der Waals surface area contributed by atoms with Gasteiger partial charge in [0.15, 0.2) is 17.4 Å². The number of nitrogens with zero attached hydrogens (tertiary/aromatic N) is 3. The van der Waals surface area contributed by atoms with Gasteiger partial charge in [0.2, 0.25) is 5.91 Å². The zero-order chi connectivity index (χ0) is 23.5. The second-order valence-corrected chi connectivity index (χ2v) is 7.81. The quantitative estimate of drug-likeness (QED) is 0.518. The molecule has 0 radical (unpaired) electrons. The molecule has 1 aliphatic rings. The molecule has 2 aromatic carbocycles. The molecule has 0 N–H and O–H groups in total. The maximum atomic E-state index is 14.4. The second-order valence-electron chi connectivity index (χ2n) is 7.81. The first-order valence-corrected chi connectivity index (χ1v) is 10.6. The molecule has 1 aromatic heterocycles. The molecule has 0 atom stereocenters. The van der Waals surface area contributed by atoms with Crippen molar-refractivity contribution in [2.75, 3.05) is 31.1 Å². The van der Waals surface area contributed by atoms with Crippen LogP contribution in [0.2, 0.25) is 0 Å². The number of anilines is 1. The number of ketones is 1. The fourth-order valence-electron chi connectivity index (χ4n) is 3.83. The Kier molecular flexibility index (Phi) is 6.48. The molecule has 9 heteroatoms. The van der Waals surface area contributed by atoms with Gasteiger partial charge in [0, 0.05) is 44.6 Å². The summed E-state index contributed by atoms with van der Waals surface area (Å²) in [5, 5.41) is 0. The van der Waals surface area contributed by atoms with Gasteiger partial charge in [-0.25, -0.2) is 18.2 Å². The van der Waals surface area contributed by atoms with Crippen molar-refractivity contribution < 1.29 is 27.2 Å². The van der Waals surface area contributed by atoms with Crippen molar-refractivity contribution in [2.24, 2.45) is 0 Å². The highest BCUT2D eigenvalue weighted by atomic mass is 19.1. The third kappa shape index (κ3) is 4.92. The summed E-state index contributed by atoms with van der Waals surface area (Å²) in [6, 6.07) is 7.94. The van der Waals surface area contributed by atoms with Gasteiger partial charge in [-0.05, 0) is 37.3 Å². The van der Waals surface area contributed by atoms with E-state index >= 15 is 0 Å². The van der Waals surface area contributed by atoms with Crippen LogP contribution in [0.15, 0.2) is 47.0 Å². The third-order valence-electron chi connectivity index (χ3n) is 5.64. The first kappa shape index (κ1) is 22.6. The molecule has 0 aliphatic carbocycles. The predicted octanol–water partition coefficient (Wildman–Crippen LogP) is 4.24. The zero-order valence-electron chi connectivity index (χ0n) is 18.0. The standard InChI is InChI=1S/C24H22F3N3O3/c1-15(31)16-5-6-20(19(27)13-16)29-9-11-30(12-10-29)23(32)8-7-22-28-14-21(33-22)24-17(25)3-2-4-18(24)26/h2-6,13-14H,7-12H2,1H3. The van der Waals surface area contributed by atoms with Crippen LogP contribution in [0.1, 0.15) is 29.6 Å². The van der Waals surface area contributed by atoms with E-state index in [0.717, 1.165) is 12.1 Å². The Labute approximate surface area is 188 Å². The molecule has 0 saturated carbocycles. The van der Waals surface area contributed by atoms with E-state index in [2.05, 4.69) is 4.98 Å². The summed E-state index contributed by atoms with van der Waals surface area (Å²) in [6.07, 6.45) is 1.56. The third-order valence-corrected chi connectivity index (χ3v) is 5.64. The van der Waals surface area contributed by atoms with Crippen molar-refractivity contribution in [3.8, 4) is 11.3 Å². The molecular weight excluding hydrogens is 435 g/mol. The summed E-state index contributed by atoms with van der Waals surface area (Å²) in [5.74, 6) is -2.09. The minimum atomic E-state index is -0.751. The molecule has 1 fully saturated rings. The Morgan fingerprint density at radius 1 is 1.00 bits per heavy atom. The number of carbonyl (C=O) groups excluding carboxylic acids is 2. The highest BCUT2D eigenvalue weighted by Gasteiger charge is 2.24. The lowest BCUT2D eigenvalue weighted by Gasteiger charge is -2.36. The molecule has 6 nitrogen and oxygen atoms in total. The number of hydrogen-bond donors (Lipinski definition) is 0. The number of piperazine rings is 1. The van der Waals surface area contributed by atoms with Gasteiger partial charge in [-0.2, -0.15) is 0 Å². The van der Waals surface area contributed by atoms with E-state index < -0.39 is 17.5 Å². The lowest BCUT2D eigenvalue weighted by Crippen LogP contribution is -2.49. The minimum absolute atomic E-state index is 0.0283. The first-order chi connectivity index (χ1) is 15.8. The maximum absolute atomic E-state index is 14.4.